The first-order valence-electron chi connectivity index (χ1n) is 7.23. The van der Waals surface area contributed by atoms with E-state index in [1.165, 1.54) is 0 Å². The van der Waals surface area contributed by atoms with Crippen LogP contribution in [0.2, 0.25) is 0 Å². The normalized spacial score (nSPS) is 18.4. The van der Waals surface area contributed by atoms with Crippen molar-refractivity contribution in [3.05, 3.63) is 29.8 Å². The molecule has 2 N–H and O–H groups in total. The molecule has 0 aliphatic carbocycles. The van der Waals surface area contributed by atoms with E-state index in [1.54, 1.807) is 12.1 Å². The van der Waals surface area contributed by atoms with Crippen LogP contribution in [0.25, 0.3) is 0 Å². The van der Waals surface area contributed by atoms with Crippen LogP contribution in [0.15, 0.2) is 24.3 Å². The van der Waals surface area contributed by atoms with Gasteiger partial charge in [-0.25, -0.2) is 8.42 Å². The van der Waals surface area contributed by atoms with Crippen LogP contribution < -0.4 is 10.6 Å². The number of rotatable bonds is 4. The topological polar surface area (TPSA) is 75.3 Å². The maximum atomic E-state index is 11.8. The zero-order valence-corrected chi connectivity index (χ0v) is 13.2. The van der Waals surface area contributed by atoms with E-state index in [1.807, 2.05) is 26.0 Å². The van der Waals surface area contributed by atoms with Crippen LogP contribution in [0.3, 0.4) is 0 Å². The number of benzene rings is 1. The van der Waals surface area contributed by atoms with Gasteiger partial charge in [0.1, 0.15) is 9.84 Å². The van der Waals surface area contributed by atoms with E-state index in [4.69, 9.17) is 0 Å². The van der Waals surface area contributed by atoms with Crippen molar-refractivity contribution in [1.82, 2.24) is 5.32 Å². The van der Waals surface area contributed by atoms with E-state index < -0.39 is 9.84 Å². The van der Waals surface area contributed by atoms with Gasteiger partial charge in [-0.1, -0.05) is 0 Å². The second kappa shape index (κ2) is 6.47. The minimum Gasteiger partial charge on any atom is -0.382 e. The highest BCUT2D eigenvalue weighted by atomic mass is 32.2. The average molecular weight is 310 g/mol. The van der Waals surface area contributed by atoms with Crippen LogP contribution >= 0.6 is 0 Å². The molecular formula is C15H22N2O3S. The number of carbonyl (C=O) groups is 1. The molecule has 0 bridgehead atoms. The zero-order valence-electron chi connectivity index (χ0n) is 12.4. The molecule has 1 amide bonds. The lowest BCUT2D eigenvalue weighted by Crippen LogP contribution is -2.32. The highest BCUT2D eigenvalue weighted by molar-refractivity contribution is 7.91. The Labute approximate surface area is 126 Å². The molecule has 1 aliphatic rings. The first kappa shape index (κ1) is 15.8. The highest BCUT2D eigenvalue weighted by Crippen LogP contribution is 2.18. The maximum absolute atomic E-state index is 11.8. The Balaban J connectivity index is 1.92. The van der Waals surface area contributed by atoms with Crippen LogP contribution in [0.5, 0.6) is 0 Å². The third-order valence-corrected chi connectivity index (χ3v) is 5.21. The molecule has 6 heteroatoms. The molecular weight excluding hydrogens is 288 g/mol. The molecule has 0 saturated carbocycles. The Morgan fingerprint density at radius 3 is 2.24 bits per heavy atom. The molecule has 1 aromatic rings. The Morgan fingerprint density at radius 1 is 1.14 bits per heavy atom. The number of carbonyl (C=O) groups excluding carboxylic acids is 1. The summed E-state index contributed by atoms with van der Waals surface area (Å²) < 4.78 is 22.8. The lowest BCUT2D eigenvalue weighted by atomic mass is 10.1. The van der Waals surface area contributed by atoms with Crippen LogP contribution in [-0.4, -0.2) is 37.9 Å². The van der Waals surface area contributed by atoms with E-state index in [2.05, 4.69) is 10.6 Å². The van der Waals surface area contributed by atoms with E-state index in [9.17, 15) is 13.2 Å². The van der Waals surface area contributed by atoms with E-state index in [0.29, 0.717) is 18.4 Å². The van der Waals surface area contributed by atoms with Crippen molar-refractivity contribution in [2.45, 2.75) is 38.8 Å². The van der Waals surface area contributed by atoms with Crippen LogP contribution in [0, 0.1) is 0 Å². The summed E-state index contributed by atoms with van der Waals surface area (Å²) in [6, 6.07) is 7.57. The Bertz CT molecular complexity index is 580. The molecule has 0 unspecified atom stereocenters. The molecule has 1 heterocycles. The number of hydrogen-bond acceptors (Lipinski definition) is 4. The van der Waals surface area contributed by atoms with Gasteiger partial charge in [0.15, 0.2) is 0 Å². The van der Waals surface area contributed by atoms with E-state index >= 15 is 0 Å². The van der Waals surface area contributed by atoms with Gasteiger partial charge < -0.3 is 10.6 Å². The summed E-state index contributed by atoms with van der Waals surface area (Å²) in [6.45, 7) is 3.84. The minimum atomic E-state index is -2.83. The van der Waals surface area contributed by atoms with Crippen molar-refractivity contribution >= 4 is 21.4 Å². The third kappa shape index (κ3) is 4.74. The summed E-state index contributed by atoms with van der Waals surface area (Å²) in [5, 5.41) is 6.17. The molecule has 0 atom stereocenters. The summed E-state index contributed by atoms with van der Waals surface area (Å²) in [7, 11) is -2.83. The molecule has 0 radical (unpaired) electrons. The molecule has 1 aromatic carbocycles. The first-order chi connectivity index (χ1) is 9.85. The van der Waals surface area contributed by atoms with E-state index in [-0.39, 0.29) is 29.5 Å². The number of hydrogen-bond donors (Lipinski definition) is 2. The Hall–Kier alpha value is -1.56. The average Bonchev–Trinajstić information content (AvgIpc) is 2.41. The van der Waals surface area contributed by atoms with Gasteiger partial charge in [-0.05, 0) is 51.0 Å². The molecule has 21 heavy (non-hydrogen) atoms. The smallest absolute Gasteiger partial charge is 0.251 e. The summed E-state index contributed by atoms with van der Waals surface area (Å²) in [6.07, 6.45) is 1.27. The first-order valence-corrected chi connectivity index (χ1v) is 9.06. The second-order valence-corrected chi connectivity index (χ2v) is 8.08. The van der Waals surface area contributed by atoms with Gasteiger partial charge in [0.2, 0.25) is 0 Å². The second-order valence-electron chi connectivity index (χ2n) is 5.78. The predicted molar refractivity (Wildman–Crippen MR) is 84.3 cm³/mol. The fraction of sp³-hybridized carbons (Fsp3) is 0.533. The van der Waals surface area contributed by atoms with Crippen molar-refractivity contribution in [2.24, 2.45) is 0 Å². The SMILES string of the molecule is CC(C)NC(=O)c1ccc(NC2CCS(=O)(=O)CC2)cc1. The lowest BCUT2D eigenvalue weighted by Gasteiger charge is -2.24. The van der Waals surface area contributed by atoms with Crippen molar-refractivity contribution in [1.29, 1.82) is 0 Å². The van der Waals surface area contributed by atoms with Gasteiger partial charge in [-0.3, -0.25) is 4.79 Å². The Kier molecular flexibility index (Phi) is 4.88. The summed E-state index contributed by atoms with van der Waals surface area (Å²) in [4.78, 5) is 11.8. The molecule has 116 valence electrons. The van der Waals surface area contributed by atoms with Gasteiger partial charge in [0, 0.05) is 23.3 Å². The fourth-order valence-electron chi connectivity index (χ4n) is 2.33. The minimum absolute atomic E-state index is 0.0830. The monoisotopic (exact) mass is 310 g/mol. The number of nitrogens with one attached hydrogen (secondary N) is 2. The summed E-state index contributed by atoms with van der Waals surface area (Å²) in [5.41, 5.74) is 1.54. The van der Waals surface area contributed by atoms with Gasteiger partial charge >= 0.3 is 0 Å². The van der Waals surface area contributed by atoms with Gasteiger partial charge in [0.25, 0.3) is 5.91 Å². The summed E-state index contributed by atoms with van der Waals surface area (Å²) in [5.74, 6) is 0.416. The van der Waals surface area contributed by atoms with Crippen LogP contribution in [0.4, 0.5) is 5.69 Å². The summed E-state index contributed by atoms with van der Waals surface area (Å²) >= 11 is 0. The molecule has 0 aromatic heterocycles. The predicted octanol–water partition coefficient (Wildman–Crippen LogP) is 1.81. The largest absolute Gasteiger partial charge is 0.382 e. The Morgan fingerprint density at radius 2 is 1.71 bits per heavy atom. The zero-order chi connectivity index (χ0) is 15.5. The maximum Gasteiger partial charge on any atom is 0.251 e. The molecule has 1 aliphatic heterocycles. The molecule has 2 rings (SSSR count). The van der Waals surface area contributed by atoms with Crippen LogP contribution in [-0.2, 0) is 9.84 Å². The molecule has 0 spiro atoms. The van der Waals surface area contributed by atoms with Crippen molar-refractivity contribution in [3.63, 3.8) is 0 Å². The van der Waals surface area contributed by atoms with Gasteiger partial charge in [0.05, 0.1) is 11.5 Å². The van der Waals surface area contributed by atoms with Gasteiger partial charge in [-0.15, -0.1) is 0 Å². The number of amides is 1. The van der Waals surface area contributed by atoms with Crippen molar-refractivity contribution < 1.29 is 13.2 Å². The number of anilines is 1. The highest BCUT2D eigenvalue weighted by Gasteiger charge is 2.23. The van der Waals surface area contributed by atoms with E-state index in [0.717, 1.165) is 5.69 Å². The molecule has 5 nitrogen and oxygen atoms in total. The quantitative estimate of drug-likeness (QED) is 0.889. The fourth-order valence-corrected chi connectivity index (χ4v) is 3.82. The lowest BCUT2D eigenvalue weighted by molar-refractivity contribution is 0.0943. The van der Waals surface area contributed by atoms with Crippen molar-refractivity contribution in [2.75, 3.05) is 16.8 Å². The molecule has 1 fully saturated rings. The van der Waals surface area contributed by atoms with Gasteiger partial charge in [-0.2, -0.15) is 0 Å². The number of sulfone groups is 1. The molecule has 1 saturated heterocycles. The van der Waals surface area contributed by atoms with Crippen LogP contribution in [0.1, 0.15) is 37.0 Å². The standard InChI is InChI=1S/C15H22N2O3S/c1-11(2)16-15(18)12-3-5-13(6-4-12)17-14-7-9-21(19,20)10-8-14/h3-6,11,14,17H,7-10H2,1-2H3,(H,16,18). The van der Waals surface area contributed by atoms with Crippen molar-refractivity contribution in [3.8, 4) is 0 Å². The third-order valence-electron chi connectivity index (χ3n) is 3.49.